The molecule has 0 radical (unpaired) electrons. The summed E-state index contributed by atoms with van der Waals surface area (Å²) in [6, 6.07) is 14.6. The summed E-state index contributed by atoms with van der Waals surface area (Å²) in [5.41, 5.74) is 5.71. The molecule has 2 rings (SSSR count). The number of benzene rings is 2. The highest BCUT2D eigenvalue weighted by Gasteiger charge is 1.95. The summed E-state index contributed by atoms with van der Waals surface area (Å²) in [6.45, 7) is 2.03. The third-order valence-electron chi connectivity index (χ3n) is 2.58. The van der Waals surface area contributed by atoms with Gasteiger partial charge < -0.3 is 10.4 Å². The standard InChI is InChI=1S/C15H15N3OS/c1-11-2-6-13(7-3-11)17-15(20)18-16-10-12-4-8-14(19)9-5-12/h2-10,19H,1H3,(H2,17,18,20)/b16-10+. The Hall–Kier alpha value is -2.40. The lowest BCUT2D eigenvalue weighted by molar-refractivity contribution is 0.475. The molecular weight excluding hydrogens is 270 g/mol. The largest absolute Gasteiger partial charge is 0.508 e. The molecule has 102 valence electrons. The number of phenolic OH excluding ortho intramolecular Hbond substituents is 1. The molecule has 0 fully saturated rings. The van der Waals surface area contributed by atoms with Gasteiger partial charge in [0.05, 0.1) is 6.21 Å². The van der Waals surface area contributed by atoms with Gasteiger partial charge in [-0.3, -0.25) is 5.43 Å². The fraction of sp³-hybridized carbons (Fsp3) is 0.0667. The molecule has 0 aromatic heterocycles. The van der Waals surface area contributed by atoms with Crippen molar-refractivity contribution in [2.75, 3.05) is 5.32 Å². The van der Waals surface area contributed by atoms with Crippen LogP contribution in [0.15, 0.2) is 53.6 Å². The van der Waals surface area contributed by atoms with E-state index < -0.39 is 0 Å². The Labute approximate surface area is 123 Å². The van der Waals surface area contributed by atoms with Crippen LogP contribution in [0.1, 0.15) is 11.1 Å². The maximum atomic E-state index is 9.16. The van der Waals surface area contributed by atoms with Gasteiger partial charge in [0, 0.05) is 5.69 Å². The number of hydrazone groups is 1. The Morgan fingerprint density at radius 1 is 1.10 bits per heavy atom. The lowest BCUT2D eigenvalue weighted by atomic mass is 10.2. The number of phenols is 1. The minimum atomic E-state index is 0.228. The van der Waals surface area contributed by atoms with Crippen LogP contribution in [-0.4, -0.2) is 16.4 Å². The van der Waals surface area contributed by atoms with Crippen molar-refractivity contribution in [2.45, 2.75) is 6.92 Å². The van der Waals surface area contributed by atoms with E-state index in [1.807, 2.05) is 31.2 Å². The van der Waals surface area contributed by atoms with Crippen molar-refractivity contribution in [3.8, 4) is 5.75 Å². The Bertz CT molecular complexity index is 606. The number of aromatic hydroxyl groups is 1. The first-order valence-corrected chi connectivity index (χ1v) is 6.50. The predicted octanol–water partition coefficient (Wildman–Crippen LogP) is 3.02. The van der Waals surface area contributed by atoms with Crippen molar-refractivity contribution in [3.63, 3.8) is 0 Å². The average Bonchev–Trinajstić information content (AvgIpc) is 2.44. The summed E-state index contributed by atoms with van der Waals surface area (Å²) < 4.78 is 0. The Balaban J connectivity index is 1.85. The molecule has 0 aliphatic rings. The predicted molar refractivity (Wildman–Crippen MR) is 86.2 cm³/mol. The lowest BCUT2D eigenvalue weighted by Gasteiger charge is -2.06. The molecule has 0 heterocycles. The van der Waals surface area contributed by atoms with Crippen molar-refractivity contribution in [2.24, 2.45) is 5.10 Å². The van der Waals surface area contributed by atoms with Crippen LogP contribution in [0.25, 0.3) is 0 Å². The number of hydrogen-bond donors (Lipinski definition) is 3. The Morgan fingerprint density at radius 2 is 1.75 bits per heavy atom. The number of thiocarbonyl (C=S) groups is 1. The van der Waals surface area contributed by atoms with E-state index >= 15 is 0 Å². The van der Waals surface area contributed by atoms with Crippen LogP contribution in [0.5, 0.6) is 5.75 Å². The zero-order valence-electron chi connectivity index (χ0n) is 11.0. The van der Waals surface area contributed by atoms with Crippen molar-refractivity contribution < 1.29 is 5.11 Å². The third kappa shape index (κ3) is 4.37. The molecule has 0 bridgehead atoms. The van der Waals surface area contributed by atoms with Gasteiger partial charge in [0.15, 0.2) is 5.11 Å². The van der Waals surface area contributed by atoms with E-state index in [1.54, 1.807) is 30.5 Å². The molecule has 2 aromatic rings. The molecule has 0 saturated heterocycles. The van der Waals surface area contributed by atoms with Crippen LogP contribution in [0.2, 0.25) is 0 Å². The van der Waals surface area contributed by atoms with E-state index in [4.69, 9.17) is 17.3 Å². The quantitative estimate of drug-likeness (QED) is 0.461. The van der Waals surface area contributed by atoms with E-state index in [2.05, 4.69) is 15.8 Å². The lowest BCUT2D eigenvalue weighted by Crippen LogP contribution is -2.23. The average molecular weight is 285 g/mol. The second-order valence-corrected chi connectivity index (χ2v) is 4.69. The molecule has 5 heteroatoms. The van der Waals surface area contributed by atoms with E-state index in [9.17, 15) is 0 Å². The zero-order valence-corrected chi connectivity index (χ0v) is 11.8. The molecule has 3 N–H and O–H groups in total. The number of anilines is 1. The first-order valence-electron chi connectivity index (χ1n) is 6.09. The topological polar surface area (TPSA) is 56.7 Å². The second-order valence-electron chi connectivity index (χ2n) is 4.28. The molecule has 20 heavy (non-hydrogen) atoms. The van der Waals surface area contributed by atoms with Crippen molar-refractivity contribution in [1.82, 2.24) is 5.43 Å². The molecule has 4 nitrogen and oxygen atoms in total. The van der Waals surface area contributed by atoms with E-state index in [-0.39, 0.29) is 5.75 Å². The van der Waals surface area contributed by atoms with Crippen LogP contribution in [0.3, 0.4) is 0 Å². The van der Waals surface area contributed by atoms with Gasteiger partial charge in [-0.2, -0.15) is 5.10 Å². The smallest absolute Gasteiger partial charge is 0.191 e. The minimum absolute atomic E-state index is 0.228. The molecule has 0 saturated carbocycles. The van der Waals surface area contributed by atoms with Crippen molar-refractivity contribution in [1.29, 1.82) is 0 Å². The number of aryl methyl sites for hydroxylation is 1. The molecule has 0 amide bonds. The minimum Gasteiger partial charge on any atom is -0.508 e. The molecule has 0 aliphatic heterocycles. The van der Waals surface area contributed by atoms with Crippen molar-refractivity contribution in [3.05, 3.63) is 59.7 Å². The van der Waals surface area contributed by atoms with Gasteiger partial charge in [-0.05, 0) is 61.1 Å². The van der Waals surface area contributed by atoms with Gasteiger partial charge in [-0.25, -0.2) is 0 Å². The van der Waals surface area contributed by atoms with E-state index in [1.165, 1.54) is 5.56 Å². The monoisotopic (exact) mass is 285 g/mol. The number of hydrogen-bond acceptors (Lipinski definition) is 3. The maximum absolute atomic E-state index is 9.16. The van der Waals surface area contributed by atoms with Crippen LogP contribution < -0.4 is 10.7 Å². The van der Waals surface area contributed by atoms with Gasteiger partial charge in [0.2, 0.25) is 0 Å². The normalized spacial score (nSPS) is 10.4. The van der Waals surface area contributed by atoms with Crippen molar-refractivity contribution >= 4 is 29.2 Å². The fourth-order valence-corrected chi connectivity index (χ4v) is 1.69. The zero-order chi connectivity index (χ0) is 14.4. The van der Waals surface area contributed by atoms with Crippen LogP contribution in [0, 0.1) is 6.92 Å². The summed E-state index contributed by atoms with van der Waals surface area (Å²) in [5.74, 6) is 0.228. The third-order valence-corrected chi connectivity index (χ3v) is 2.78. The van der Waals surface area contributed by atoms with Gasteiger partial charge in [0.25, 0.3) is 0 Å². The van der Waals surface area contributed by atoms with Gasteiger partial charge >= 0.3 is 0 Å². The molecule has 2 aromatic carbocycles. The van der Waals surface area contributed by atoms with Crippen LogP contribution >= 0.6 is 12.2 Å². The van der Waals surface area contributed by atoms with Crippen LogP contribution in [0.4, 0.5) is 5.69 Å². The number of rotatable bonds is 3. The highest BCUT2D eigenvalue weighted by atomic mass is 32.1. The summed E-state index contributed by atoms with van der Waals surface area (Å²) in [4.78, 5) is 0. The van der Waals surface area contributed by atoms with Gasteiger partial charge in [-0.15, -0.1) is 0 Å². The molecule has 0 spiro atoms. The second kappa shape index (κ2) is 6.68. The summed E-state index contributed by atoms with van der Waals surface area (Å²) >= 11 is 5.13. The molecule has 0 unspecified atom stereocenters. The Morgan fingerprint density at radius 3 is 2.40 bits per heavy atom. The molecule has 0 aliphatic carbocycles. The van der Waals surface area contributed by atoms with Gasteiger partial charge in [-0.1, -0.05) is 17.7 Å². The Kier molecular flexibility index (Phi) is 4.68. The van der Waals surface area contributed by atoms with Crippen LogP contribution in [-0.2, 0) is 0 Å². The molecular formula is C15H15N3OS. The van der Waals surface area contributed by atoms with E-state index in [0.717, 1.165) is 11.3 Å². The first kappa shape index (κ1) is 14.0. The maximum Gasteiger partial charge on any atom is 0.191 e. The highest BCUT2D eigenvalue weighted by Crippen LogP contribution is 2.09. The molecule has 0 atom stereocenters. The summed E-state index contributed by atoms with van der Waals surface area (Å²) in [5, 5.41) is 16.6. The van der Waals surface area contributed by atoms with Gasteiger partial charge in [0.1, 0.15) is 5.75 Å². The summed E-state index contributed by atoms with van der Waals surface area (Å²) in [7, 11) is 0. The summed E-state index contributed by atoms with van der Waals surface area (Å²) in [6.07, 6.45) is 1.63. The van der Waals surface area contributed by atoms with E-state index in [0.29, 0.717) is 5.11 Å². The first-order chi connectivity index (χ1) is 9.63. The number of nitrogens with one attached hydrogen (secondary N) is 2. The SMILES string of the molecule is Cc1ccc(NC(=S)N/N=C/c2ccc(O)cc2)cc1. The highest BCUT2D eigenvalue weighted by molar-refractivity contribution is 7.80. The number of nitrogens with zero attached hydrogens (tertiary/aromatic N) is 1. The fourth-order valence-electron chi connectivity index (χ4n) is 1.52.